The first-order valence-electron chi connectivity index (χ1n) is 8.92. The minimum Gasteiger partial charge on any atom is -0.497 e. The first-order valence-corrected chi connectivity index (χ1v) is 8.92. The van der Waals surface area contributed by atoms with E-state index in [1.54, 1.807) is 18.2 Å². The maximum atomic E-state index is 12.3. The van der Waals surface area contributed by atoms with Gasteiger partial charge in [-0.3, -0.25) is 0 Å². The molecule has 1 aliphatic heterocycles. The Morgan fingerprint density at radius 1 is 1.30 bits per heavy atom. The number of halogens is 3. The Balaban J connectivity index is 1.88. The van der Waals surface area contributed by atoms with Gasteiger partial charge < -0.3 is 29.9 Å². The van der Waals surface area contributed by atoms with Crippen LogP contribution in [0.5, 0.6) is 11.5 Å². The van der Waals surface area contributed by atoms with Crippen LogP contribution in [0.15, 0.2) is 18.2 Å². The van der Waals surface area contributed by atoms with Gasteiger partial charge in [-0.05, 0) is 31.0 Å². The molecule has 1 aromatic carbocycles. The number of piperidine rings is 1. The highest BCUT2D eigenvalue weighted by Crippen LogP contribution is 2.25. The smallest absolute Gasteiger partial charge is 0.401 e. The third kappa shape index (κ3) is 7.92. The van der Waals surface area contributed by atoms with Gasteiger partial charge in [0.25, 0.3) is 0 Å². The number of hydrogen-bond acceptors (Lipinski definition) is 6. The summed E-state index contributed by atoms with van der Waals surface area (Å²) in [6.07, 6.45) is -3.95. The zero-order valence-electron chi connectivity index (χ0n) is 15.3. The monoisotopic (exact) mass is 392 g/mol. The van der Waals surface area contributed by atoms with Crippen molar-refractivity contribution in [3.63, 3.8) is 0 Å². The van der Waals surface area contributed by atoms with Crippen LogP contribution in [0, 0.1) is 0 Å². The van der Waals surface area contributed by atoms with Crippen LogP contribution in [0.25, 0.3) is 0 Å². The van der Waals surface area contributed by atoms with E-state index < -0.39 is 18.8 Å². The molecule has 27 heavy (non-hydrogen) atoms. The van der Waals surface area contributed by atoms with Gasteiger partial charge in [-0.1, -0.05) is 0 Å². The second-order valence-electron chi connectivity index (χ2n) is 6.69. The van der Waals surface area contributed by atoms with Crippen LogP contribution in [0.3, 0.4) is 0 Å². The average Bonchev–Trinajstić information content (AvgIpc) is 2.61. The van der Waals surface area contributed by atoms with Crippen LogP contribution in [-0.4, -0.2) is 73.4 Å². The molecule has 0 bridgehead atoms. The molecule has 0 aromatic heterocycles. The van der Waals surface area contributed by atoms with Crippen molar-refractivity contribution in [2.75, 3.05) is 39.9 Å². The summed E-state index contributed by atoms with van der Waals surface area (Å²) in [4.78, 5) is 2.06. The lowest BCUT2D eigenvalue weighted by atomic mass is 10.1. The zero-order valence-corrected chi connectivity index (χ0v) is 15.3. The van der Waals surface area contributed by atoms with Crippen molar-refractivity contribution in [1.82, 2.24) is 10.2 Å². The van der Waals surface area contributed by atoms with Gasteiger partial charge in [0.05, 0.1) is 19.8 Å². The fourth-order valence-electron chi connectivity index (χ4n) is 2.94. The molecule has 1 heterocycles. The minimum atomic E-state index is -4.29. The van der Waals surface area contributed by atoms with Crippen molar-refractivity contribution in [3.05, 3.63) is 23.8 Å². The highest BCUT2D eigenvalue weighted by molar-refractivity contribution is 5.40. The average molecular weight is 392 g/mol. The normalized spacial score (nSPS) is 17.7. The number of alkyl halides is 3. The van der Waals surface area contributed by atoms with Gasteiger partial charge in [0.15, 0.2) is 0 Å². The molecule has 3 N–H and O–H groups in total. The van der Waals surface area contributed by atoms with E-state index in [4.69, 9.17) is 9.47 Å². The number of likely N-dealkylation sites (tertiary alicyclic amines) is 1. The van der Waals surface area contributed by atoms with E-state index in [0.717, 1.165) is 0 Å². The maximum Gasteiger partial charge on any atom is 0.401 e. The molecule has 9 heteroatoms. The molecule has 1 aromatic rings. The largest absolute Gasteiger partial charge is 0.497 e. The Morgan fingerprint density at radius 2 is 2.00 bits per heavy atom. The lowest BCUT2D eigenvalue weighted by molar-refractivity contribution is -0.125. The summed E-state index contributed by atoms with van der Waals surface area (Å²) in [5, 5.41) is 22.0. The van der Waals surface area contributed by atoms with Crippen LogP contribution in [0.4, 0.5) is 13.2 Å². The van der Waals surface area contributed by atoms with Gasteiger partial charge >= 0.3 is 6.18 Å². The Kier molecular flexibility index (Phi) is 8.15. The lowest BCUT2D eigenvalue weighted by Gasteiger charge is -2.31. The minimum absolute atomic E-state index is 0.0254. The number of ether oxygens (including phenoxy) is 2. The van der Waals surface area contributed by atoms with Gasteiger partial charge in [0.2, 0.25) is 0 Å². The fourth-order valence-corrected chi connectivity index (χ4v) is 2.94. The molecule has 6 nitrogen and oxygen atoms in total. The van der Waals surface area contributed by atoms with E-state index in [9.17, 15) is 23.4 Å². The summed E-state index contributed by atoms with van der Waals surface area (Å²) < 4.78 is 47.8. The molecular formula is C18H27F3N2O4. The Hall–Kier alpha value is -1.55. The van der Waals surface area contributed by atoms with E-state index in [1.807, 2.05) is 0 Å². The van der Waals surface area contributed by atoms with Crippen molar-refractivity contribution < 1.29 is 32.9 Å². The summed E-state index contributed by atoms with van der Waals surface area (Å²) >= 11 is 0. The SMILES string of the molecule is COc1ccc(OCC(O)CN2CCC(O)CC2)c(CNCC(F)(F)F)c1. The first-order chi connectivity index (χ1) is 12.8. The summed E-state index contributed by atoms with van der Waals surface area (Å²) in [5.41, 5.74) is 0.520. The number of methoxy groups -OCH3 is 1. The zero-order chi connectivity index (χ0) is 19.9. The number of rotatable bonds is 9. The summed E-state index contributed by atoms with van der Waals surface area (Å²) in [6, 6.07) is 4.88. The number of β-amino-alcohol motifs (C(OH)–C–C–N with tert-alkyl or cyclic N) is 1. The van der Waals surface area contributed by atoms with Crippen molar-refractivity contribution in [1.29, 1.82) is 0 Å². The molecule has 0 amide bonds. The van der Waals surface area contributed by atoms with Crippen LogP contribution < -0.4 is 14.8 Å². The van der Waals surface area contributed by atoms with E-state index in [0.29, 0.717) is 49.5 Å². The van der Waals surface area contributed by atoms with E-state index >= 15 is 0 Å². The third-order valence-corrected chi connectivity index (χ3v) is 4.37. The molecule has 154 valence electrons. The Bertz CT molecular complexity index is 578. The number of hydrogen-bond donors (Lipinski definition) is 3. The second kappa shape index (κ2) is 10.1. The Labute approximate surface area is 156 Å². The second-order valence-corrected chi connectivity index (χ2v) is 6.69. The van der Waals surface area contributed by atoms with E-state index in [1.165, 1.54) is 7.11 Å². The number of aliphatic hydroxyl groups excluding tert-OH is 2. The molecule has 0 radical (unpaired) electrons. The molecule has 1 unspecified atom stereocenters. The summed E-state index contributed by atoms with van der Waals surface area (Å²) in [7, 11) is 1.47. The van der Waals surface area contributed by atoms with Crippen molar-refractivity contribution >= 4 is 0 Å². The molecule has 0 spiro atoms. The summed E-state index contributed by atoms with van der Waals surface area (Å²) in [5.74, 6) is 0.914. The molecule has 1 aliphatic rings. The Morgan fingerprint density at radius 3 is 2.63 bits per heavy atom. The van der Waals surface area contributed by atoms with Gasteiger partial charge in [0, 0.05) is 31.7 Å². The standard InChI is InChI=1S/C18H27F3N2O4/c1-26-16-2-3-17(13(8-16)9-22-12-18(19,20)21)27-11-15(25)10-23-6-4-14(24)5-7-23/h2-3,8,14-15,22,24-25H,4-7,9-12H2,1H3. The highest BCUT2D eigenvalue weighted by atomic mass is 19.4. The highest BCUT2D eigenvalue weighted by Gasteiger charge is 2.26. The van der Waals surface area contributed by atoms with Gasteiger partial charge in [-0.2, -0.15) is 13.2 Å². The molecule has 0 saturated carbocycles. The van der Waals surface area contributed by atoms with Crippen molar-refractivity contribution in [2.24, 2.45) is 0 Å². The van der Waals surface area contributed by atoms with Gasteiger partial charge in [0.1, 0.15) is 24.2 Å². The summed E-state index contributed by atoms with van der Waals surface area (Å²) in [6.45, 7) is 0.738. The van der Waals surface area contributed by atoms with E-state index in [-0.39, 0.29) is 19.3 Å². The predicted octanol–water partition coefficient (Wildman–Crippen LogP) is 1.54. The quantitative estimate of drug-likeness (QED) is 0.592. The molecule has 2 rings (SSSR count). The van der Waals surface area contributed by atoms with Crippen LogP contribution in [0.2, 0.25) is 0 Å². The van der Waals surface area contributed by atoms with Crippen molar-refractivity contribution in [2.45, 2.75) is 37.8 Å². The molecule has 1 fully saturated rings. The van der Waals surface area contributed by atoms with Crippen LogP contribution in [0.1, 0.15) is 18.4 Å². The van der Waals surface area contributed by atoms with Crippen LogP contribution >= 0.6 is 0 Å². The molecular weight excluding hydrogens is 365 g/mol. The topological polar surface area (TPSA) is 74.2 Å². The lowest BCUT2D eigenvalue weighted by Crippen LogP contribution is -2.41. The third-order valence-electron chi connectivity index (χ3n) is 4.37. The first kappa shape index (κ1) is 21.7. The number of nitrogens with zero attached hydrogens (tertiary/aromatic N) is 1. The van der Waals surface area contributed by atoms with Gasteiger partial charge in [-0.25, -0.2) is 0 Å². The number of benzene rings is 1. The van der Waals surface area contributed by atoms with Gasteiger partial charge in [-0.15, -0.1) is 0 Å². The number of nitrogens with one attached hydrogen (secondary N) is 1. The maximum absolute atomic E-state index is 12.3. The number of aliphatic hydroxyl groups is 2. The van der Waals surface area contributed by atoms with E-state index in [2.05, 4.69) is 10.2 Å². The predicted molar refractivity (Wildman–Crippen MR) is 93.9 cm³/mol. The van der Waals surface area contributed by atoms with Crippen molar-refractivity contribution in [3.8, 4) is 11.5 Å². The molecule has 1 atom stereocenters. The fraction of sp³-hybridized carbons (Fsp3) is 0.667. The van der Waals surface area contributed by atoms with Crippen LogP contribution in [-0.2, 0) is 6.54 Å². The molecule has 0 aliphatic carbocycles. The molecule has 1 saturated heterocycles.